The molecule has 128 valence electrons. The molecule has 3 heterocycles. The Hall–Kier alpha value is -2.87. The molecule has 3 rings (SSSR count). The lowest BCUT2D eigenvalue weighted by atomic mass is 10.2. The van der Waals surface area contributed by atoms with Gasteiger partial charge in [-0.1, -0.05) is 17.8 Å². The number of nitrogens with zero attached hydrogens (tertiary/aromatic N) is 4. The number of carbonyl (C=O) groups is 1. The van der Waals surface area contributed by atoms with Gasteiger partial charge in [0.25, 0.3) is 0 Å². The summed E-state index contributed by atoms with van der Waals surface area (Å²) < 4.78 is 7.11. The minimum Gasteiger partial charge on any atom is -0.467 e. The predicted molar refractivity (Wildman–Crippen MR) is 94.7 cm³/mol. The molecule has 0 atom stereocenters. The molecule has 1 N–H and O–H groups in total. The number of carbonyl (C=O) groups excluding carboxylic acids is 1. The van der Waals surface area contributed by atoms with Crippen LogP contribution >= 0.6 is 11.8 Å². The van der Waals surface area contributed by atoms with Crippen LogP contribution in [-0.4, -0.2) is 31.4 Å². The van der Waals surface area contributed by atoms with E-state index >= 15 is 0 Å². The van der Waals surface area contributed by atoms with E-state index < -0.39 is 0 Å². The van der Waals surface area contributed by atoms with Gasteiger partial charge in [-0.2, -0.15) is 0 Å². The number of thioether (sulfide) groups is 1. The second kappa shape index (κ2) is 8.29. The van der Waals surface area contributed by atoms with Crippen LogP contribution in [-0.2, 0) is 17.9 Å². The van der Waals surface area contributed by atoms with Crippen LogP contribution in [0.25, 0.3) is 11.4 Å². The highest BCUT2D eigenvalue weighted by Crippen LogP contribution is 2.23. The van der Waals surface area contributed by atoms with Crippen LogP contribution in [0, 0.1) is 0 Å². The van der Waals surface area contributed by atoms with Crippen molar-refractivity contribution in [2.24, 2.45) is 0 Å². The largest absolute Gasteiger partial charge is 0.467 e. The number of rotatable bonds is 8. The number of amides is 1. The summed E-state index contributed by atoms with van der Waals surface area (Å²) in [5.74, 6) is 1.58. The zero-order valence-corrected chi connectivity index (χ0v) is 14.3. The normalized spacial score (nSPS) is 10.6. The highest BCUT2D eigenvalue weighted by Gasteiger charge is 2.14. The maximum atomic E-state index is 12.0. The molecule has 0 spiro atoms. The average Bonchev–Trinajstić information content (AvgIpc) is 3.29. The van der Waals surface area contributed by atoms with E-state index in [0.29, 0.717) is 24.0 Å². The van der Waals surface area contributed by atoms with Crippen molar-refractivity contribution in [1.29, 1.82) is 0 Å². The van der Waals surface area contributed by atoms with Crippen LogP contribution in [0.1, 0.15) is 5.76 Å². The third-order valence-corrected chi connectivity index (χ3v) is 4.31. The van der Waals surface area contributed by atoms with Crippen LogP contribution in [0.4, 0.5) is 0 Å². The fourth-order valence-electron chi connectivity index (χ4n) is 2.18. The van der Waals surface area contributed by atoms with Gasteiger partial charge in [-0.3, -0.25) is 14.3 Å². The number of hydrogen-bond acceptors (Lipinski definition) is 6. The van der Waals surface area contributed by atoms with Crippen molar-refractivity contribution in [3.63, 3.8) is 0 Å². The Balaban J connectivity index is 1.64. The van der Waals surface area contributed by atoms with E-state index in [1.165, 1.54) is 11.8 Å². The molecule has 1 amide bonds. The third-order valence-electron chi connectivity index (χ3n) is 3.34. The first kappa shape index (κ1) is 17.0. The number of aromatic nitrogens is 4. The van der Waals surface area contributed by atoms with Crippen LogP contribution in [0.5, 0.6) is 0 Å². The van der Waals surface area contributed by atoms with E-state index in [0.717, 1.165) is 11.4 Å². The summed E-state index contributed by atoms with van der Waals surface area (Å²) in [7, 11) is 0. The van der Waals surface area contributed by atoms with Crippen molar-refractivity contribution in [3.8, 4) is 11.4 Å². The molecule has 0 bridgehead atoms. The summed E-state index contributed by atoms with van der Waals surface area (Å²) in [6.07, 6.45) is 6.76. The molecule has 0 saturated heterocycles. The monoisotopic (exact) mass is 355 g/mol. The lowest BCUT2D eigenvalue weighted by Gasteiger charge is -2.07. The molecule has 0 radical (unpaired) electrons. The molecule has 3 aromatic rings. The fraction of sp³-hybridized carbons (Fsp3) is 0.176. The van der Waals surface area contributed by atoms with Crippen molar-refractivity contribution in [1.82, 2.24) is 25.1 Å². The molecule has 0 unspecified atom stereocenters. The van der Waals surface area contributed by atoms with Gasteiger partial charge >= 0.3 is 0 Å². The molecule has 25 heavy (non-hydrogen) atoms. The van der Waals surface area contributed by atoms with Gasteiger partial charge in [-0.05, 0) is 24.3 Å². The Morgan fingerprint density at radius 2 is 2.16 bits per heavy atom. The average molecular weight is 355 g/mol. The van der Waals surface area contributed by atoms with E-state index in [1.807, 2.05) is 22.8 Å². The Labute approximate surface area is 149 Å². The first-order valence-corrected chi connectivity index (χ1v) is 8.63. The quantitative estimate of drug-likeness (QED) is 0.494. The molecular formula is C17H17N5O2S. The van der Waals surface area contributed by atoms with Gasteiger partial charge in [-0.15, -0.1) is 16.8 Å². The van der Waals surface area contributed by atoms with Crippen molar-refractivity contribution >= 4 is 17.7 Å². The number of hydrogen-bond donors (Lipinski definition) is 1. The minimum atomic E-state index is -0.0972. The number of nitrogens with one attached hydrogen (secondary N) is 1. The van der Waals surface area contributed by atoms with Gasteiger partial charge in [0, 0.05) is 24.5 Å². The van der Waals surface area contributed by atoms with Crippen molar-refractivity contribution in [2.45, 2.75) is 18.2 Å². The lowest BCUT2D eigenvalue weighted by Crippen LogP contribution is -2.24. The zero-order valence-electron chi connectivity index (χ0n) is 13.5. The topological polar surface area (TPSA) is 85.8 Å². The van der Waals surface area contributed by atoms with E-state index in [1.54, 1.807) is 30.8 Å². The zero-order chi connectivity index (χ0) is 17.5. The third kappa shape index (κ3) is 4.36. The van der Waals surface area contributed by atoms with Crippen molar-refractivity contribution in [2.75, 3.05) is 5.75 Å². The predicted octanol–water partition coefficient (Wildman–Crippen LogP) is 2.53. The maximum absolute atomic E-state index is 12.0. The van der Waals surface area contributed by atoms with Crippen LogP contribution in [0.15, 0.2) is 65.2 Å². The van der Waals surface area contributed by atoms with Gasteiger partial charge in [0.2, 0.25) is 5.91 Å². The highest BCUT2D eigenvalue weighted by molar-refractivity contribution is 7.99. The summed E-state index contributed by atoms with van der Waals surface area (Å²) in [6, 6.07) is 7.34. The maximum Gasteiger partial charge on any atom is 0.230 e. The molecule has 8 heteroatoms. The molecule has 0 aromatic carbocycles. The van der Waals surface area contributed by atoms with Crippen molar-refractivity contribution in [3.05, 3.63) is 61.3 Å². The Morgan fingerprint density at radius 1 is 1.32 bits per heavy atom. The van der Waals surface area contributed by atoms with E-state index in [9.17, 15) is 4.79 Å². The van der Waals surface area contributed by atoms with Gasteiger partial charge in [0.05, 0.1) is 18.6 Å². The standard InChI is InChI=1S/C17H17N5O2S/c1-2-9-22-16(13-5-7-18-8-6-13)20-21-17(22)25-12-15(23)19-11-14-4-3-10-24-14/h2-8,10H,1,9,11-12H2,(H,19,23). The molecule has 0 aliphatic carbocycles. The fourth-order valence-corrected chi connectivity index (χ4v) is 2.96. The smallest absolute Gasteiger partial charge is 0.230 e. The first-order chi connectivity index (χ1) is 12.3. The van der Waals surface area contributed by atoms with Crippen LogP contribution < -0.4 is 5.32 Å². The lowest BCUT2D eigenvalue weighted by molar-refractivity contribution is -0.118. The molecule has 0 saturated carbocycles. The number of furan rings is 1. The number of allylic oxidation sites excluding steroid dienone is 1. The molecule has 7 nitrogen and oxygen atoms in total. The highest BCUT2D eigenvalue weighted by atomic mass is 32.2. The second-order valence-corrected chi connectivity index (χ2v) is 6.03. The summed E-state index contributed by atoms with van der Waals surface area (Å²) in [6.45, 7) is 4.70. The van der Waals surface area contributed by atoms with Gasteiger partial charge in [0.15, 0.2) is 11.0 Å². The van der Waals surface area contributed by atoms with Crippen molar-refractivity contribution < 1.29 is 9.21 Å². The molecular weight excluding hydrogens is 338 g/mol. The molecule has 0 fully saturated rings. The second-order valence-electron chi connectivity index (χ2n) is 5.09. The minimum absolute atomic E-state index is 0.0972. The van der Waals surface area contributed by atoms with E-state index in [2.05, 4.69) is 27.1 Å². The van der Waals surface area contributed by atoms with Crippen LogP contribution in [0.2, 0.25) is 0 Å². The summed E-state index contributed by atoms with van der Waals surface area (Å²) in [4.78, 5) is 16.0. The van der Waals surface area contributed by atoms with Gasteiger partial charge in [-0.25, -0.2) is 0 Å². The number of pyridine rings is 1. The van der Waals surface area contributed by atoms with E-state index in [4.69, 9.17) is 4.42 Å². The Bertz CT molecular complexity index is 830. The SMILES string of the molecule is C=CCn1c(SCC(=O)NCc2ccco2)nnc1-c1ccncc1. The van der Waals surface area contributed by atoms with Crippen LogP contribution in [0.3, 0.4) is 0 Å². The van der Waals surface area contributed by atoms with Gasteiger partial charge < -0.3 is 9.73 Å². The Kier molecular flexibility index (Phi) is 5.63. The molecule has 3 aromatic heterocycles. The summed E-state index contributed by atoms with van der Waals surface area (Å²) in [5, 5.41) is 11.9. The van der Waals surface area contributed by atoms with E-state index in [-0.39, 0.29) is 11.7 Å². The summed E-state index contributed by atoms with van der Waals surface area (Å²) >= 11 is 1.33. The molecule has 0 aliphatic heterocycles. The molecule has 0 aliphatic rings. The Morgan fingerprint density at radius 3 is 2.88 bits per heavy atom. The summed E-state index contributed by atoms with van der Waals surface area (Å²) in [5.41, 5.74) is 0.915. The first-order valence-electron chi connectivity index (χ1n) is 7.64. The van der Waals surface area contributed by atoms with Gasteiger partial charge in [0.1, 0.15) is 5.76 Å².